The largest absolute Gasteiger partial charge is 0.464 e. The van der Waals surface area contributed by atoms with Crippen LogP contribution in [0.15, 0.2) is 34.9 Å². The van der Waals surface area contributed by atoms with E-state index in [0.29, 0.717) is 6.61 Å². The van der Waals surface area contributed by atoms with Gasteiger partial charge in [0.15, 0.2) is 0 Å². The maximum atomic E-state index is 12.3. The smallest absolute Gasteiger partial charge is 0.328 e. The number of nitrogens with zero attached hydrogens (tertiary/aromatic N) is 2. The van der Waals surface area contributed by atoms with Crippen molar-refractivity contribution in [1.29, 1.82) is 0 Å². The van der Waals surface area contributed by atoms with Crippen LogP contribution in [0, 0.1) is 0 Å². The van der Waals surface area contributed by atoms with Gasteiger partial charge in [-0.15, -0.1) is 0 Å². The summed E-state index contributed by atoms with van der Waals surface area (Å²) >= 11 is 3.52. The molecule has 0 amide bonds. The third-order valence-corrected chi connectivity index (χ3v) is 4.53. The highest BCUT2D eigenvalue weighted by atomic mass is 79.9. The van der Waals surface area contributed by atoms with Gasteiger partial charge in [-0.3, -0.25) is 0 Å². The summed E-state index contributed by atoms with van der Waals surface area (Å²) in [6.45, 7) is 3.10. The summed E-state index contributed by atoms with van der Waals surface area (Å²) in [4.78, 5) is 19.0. The van der Waals surface area contributed by atoms with Crippen LogP contribution in [0.2, 0.25) is 0 Å². The lowest BCUT2D eigenvalue weighted by Crippen LogP contribution is -2.46. The molecule has 0 radical (unpaired) electrons. The Morgan fingerprint density at radius 1 is 1.41 bits per heavy atom. The van der Waals surface area contributed by atoms with E-state index in [1.807, 2.05) is 25.3 Å². The van der Waals surface area contributed by atoms with Gasteiger partial charge >= 0.3 is 5.97 Å². The number of piperidine rings is 1. The van der Waals surface area contributed by atoms with E-state index >= 15 is 0 Å². The lowest BCUT2D eigenvalue weighted by molar-refractivity contribution is -0.145. The summed E-state index contributed by atoms with van der Waals surface area (Å²) in [6.07, 6.45) is 4.75. The van der Waals surface area contributed by atoms with Crippen LogP contribution in [0.25, 0.3) is 10.8 Å². The van der Waals surface area contributed by atoms with Crippen molar-refractivity contribution in [2.45, 2.75) is 32.2 Å². The molecular weight excluding hydrogens is 344 g/mol. The molecule has 22 heavy (non-hydrogen) atoms. The van der Waals surface area contributed by atoms with Crippen LogP contribution in [0.1, 0.15) is 26.2 Å². The first kappa shape index (κ1) is 15.3. The van der Waals surface area contributed by atoms with Crippen LogP contribution in [-0.2, 0) is 9.53 Å². The van der Waals surface area contributed by atoms with E-state index in [1.165, 1.54) is 0 Å². The molecule has 1 saturated heterocycles. The Balaban J connectivity index is 2.03. The molecule has 2 heterocycles. The number of carbonyl (C=O) groups is 1. The highest BCUT2D eigenvalue weighted by Crippen LogP contribution is 2.31. The number of esters is 1. The van der Waals surface area contributed by atoms with Gasteiger partial charge < -0.3 is 9.64 Å². The summed E-state index contributed by atoms with van der Waals surface area (Å²) < 4.78 is 6.26. The second-order valence-electron chi connectivity index (χ2n) is 5.46. The number of aromatic nitrogens is 1. The van der Waals surface area contributed by atoms with Crippen molar-refractivity contribution in [3.05, 3.63) is 34.9 Å². The summed E-state index contributed by atoms with van der Waals surface area (Å²) in [5.74, 6) is 0.729. The Hall–Kier alpha value is -1.62. The highest BCUT2D eigenvalue weighted by molar-refractivity contribution is 9.10. The molecule has 116 valence electrons. The third kappa shape index (κ3) is 2.95. The summed E-state index contributed by atoms with van der Waals surface area (Å²) in [7, 11) is 0. The number of halogens is 1. The lowest BCUT2D eigenvalue weighted by Gasteiger charge is -2.35. The van der Waals surface area contributed by atoms with Crippen molar-refractivity contribution in [3.63, 3.8) is 0 Å². The van der Waals surface area contributed by atoms with E-state index in [1.54, 1.807) is 0 Å². The van der Waals surface area contributed by atoms with Crippen LogP contribution in [0.3, 0.4) is 0 Å². The normalized spacial score (nSPS) is 18.5. The first-order valence-corrected chi connectivity index (χ1v) is 8.47. The molecule has 0 bridgehead atoms. The molecule has 0 saturated carbocycles. The van der Waals surface area contributed by atoms with Gasteiger partial charge in [-0.2, -0.15) is 0 Å². The fourth-order valence-corrected chi connectivity index (χ4v) is 3.38. The first-order chi connectivity index (χ1) is 10.7. The van der Waals surface area contributed by atoms with Gasteiger partial charge in [0.2, 0.25) is 0 Å². The maximum absolute atomic E-state index is 12.3. The van der Waals surface area contributed by atoms with Gasteiger partial charge in [-0.05, 0) is 49.8 Å². The average Bonchev–Trinajstić information content (AvgIpc) is 2.54. The van der Waals surface area contributed by atoms with Gasteiger partial charge in [0.25, 0.3) is 0 Å². The van der Waals surface area contributed by atoms with Gasteiger partial charge in [0.1, 0.15) is 11.9 Å². The predicted octanol–water partition coefficient (Wildman–Crippen LogP) is 3.92. The zero-order chi connectivity index (χ0) is 15.5. The Morgan fingerprint density at radius 3 is 3.09 bits per heavy atom. The minimum atomic E-state index is -0.231. The number of anilines is 1. The summed E-state index contributed by atoms with van der Waals surface area (Å²) in [6, 6.07) is 7.91. The standard InChI is InChI=1S/C17H19BrN2O2/c1-2-22-17(21)15-5-3-4-10-20(15)16-14-11-13(18)7-6-12(14)8-9-19-16/h6-9,11,15H,2-5,10H2,1H3. The Labute approximate surface area is 138 Å². The van der Waals surface area contributed by atoms with Gasteiger partial charge in [-0.1, -0.05) is 22.0 Å². The van der Waals surface area contributed by atoms with Crippen molar-refractivity contribution in [3.8, 4) is 0 Å². The molecule has 1 fully saturated rings. The van der Waals surface area contributed by atoms with Crippen molar-refractivity contribution in [2.75, 3.05) is 18.1 Å². The third-order valence-electron chi connectivity index (χ3n) is 4.04. The van der Waals surface area contributed by atoms with Crippen LogP contribution in [0.4, 0.5) is 5.82 Å². The first-order valence-electron chi connectivity index (χ1n) is 7.68. The molecule has 2 aromatic rings. The van der Waals surface area contributed by atoms with Crippen molar-refractivity contribution < 1.29 is 9.53 Å². The molecule has 1 aromatic heterocycles. The maximum Gasteiger partial charge on any atom is 0.328 e. The van der Waals surface area contributed by atoms with E-state index in [4.69, 9.17) is 4.74 Å². The fraction of sp³-hybridized carbons (Fsp3) is 0.412. The van der Waals surface area contributed by atoms with E-state index in [0.717, 1.165) is 46.9 Å². The average molecular weight is 363 g/mol. The molecule has 1 aromatic carbocycles. The number of fused-ring (bicyclic) bond motifs is 1. The van der Waals surface area contributed by atoms with E-state index in [9.17, 15) is 4.79 Å². The number of pyridine rings is 1. The molecule has 1 unspecified atom stereocenters. The minimum Gasteiger partial charge on any atom is -0.464 e. The van der Waals surface area contributed by atoms with Gasteiger partial charge in [0, 0.05) is 22.6 Å². The van der Waals surface area contributed by atoms with E-state index < -0.39 is 0 Å². The molecular formula is C17H19BrN2O2. The van der Waals surface area contributed by atoms with E-state index in [-0.39, 0.29) is 12.0 Å². The van der Waals surface area contributed by atoms with Crippen LogP contribution >= 0.6 is 15.9 Å². The van der Waals surface area contributed by atoms with Crippen molar-refractivity contribution in [2.24, 2.45) is 0 Å². The number of rotatable bonds is 3. The number of hydrogen-bond donors (Lipinski definition) is 0. The summed E-state index contributed by atoms with van der Waals surface area (Å²) in [5.41, 5.74) is 0. The Kier molecular flexibility index (Phi) is 4.62. The number of hydrogen-bond acceptors (Lipinski definition) is 4. The van der Waals surface area contributed by atoms with Crippen molar-refractivity contribution in [1.82, 2.24) is 4.98 Å². The quantitative estimate of drug-likeness (QED) is 0.776. The SMILES string of the molecule is CCOC(=O)C1CCCCN1c1nccc2ccc(Br)cc12. The topological polar surface area (TPSA) is 42.4 Å². The van der Waals surface area contributed by atoms with Crippen LogP contribution in [0.5, 0.6) is 0 Å². The zero-order valence-electron chi connectivity index (χ0n) is 12.6. The summed E-state index contributed by atoms with van der Waals surface area (Å²) in [5, 5.41) is 2.19. The molecule has 0 N–H and O–H groups in total. The molecule has 3 rings (SSSR count). The molecule has 4 nitrogen and oxygen atoms in total. The van der Waals surface area contributed by atoms with Gasteiger partial charge in [0.05, 0.1) is 6.61 Å². The fourth-order valence-electron chi connectivity index (χ4n) is 3.02. The lowest BCUT2D eigenvalue weighted by atomic mass is 10.0. The Morgan fingerprint density at radius 2 is 2.27 bits per heavy atom. The van der Waals surface area contributed by atoms with Crippen molar-refractivity contribution >= 4 is 38.5 Å². The molecule has 0 aliphatic carbocycles. The zero-order valence-corrected chi connectivity index (χ0v) is 14.2. The monoisotopic (exact) mass is 362 g/mol. The highest BCUT2D eigenvalue weighted by Gasteiger charge is 2.31. The predicted molar refractivity (Wildman–Crippen MR) is 91.1 cm³/mol. The van der Waals surface area contributed by atoms with Crippen LogP contribution in [-0.4, -0.2) is 30.1 Å². The second kappa shape index (κ2) is 6.65. The molecule has 1 atom stereocenters. The molecule has 0 spiro atoms. The Bertz CT molecular complexity index is 689. The second-order valence-corrected chi connectivity index (χ2v) is 6.37. The molecule has 5 heteroatoms. The molecule has 1 aliphatic rings. The van der Waals surface area contributed by atoms with E-state index in [2.05, 4.69) is 37.9 Å². The minimum absolute atomic E-state index is 0.143. The van der Waals surface area contributed by atoms with Crippen LogP contribution < -0.4 is 4.90 Å². The van der Waals surface area contributed by atoms with Gasteiger partial charge in [-0.25, -0.2) is 9.78 Å². The molecule has 1 aliphatic heterocycles. The number of ether oxygens (including phenoxy) is 1. The number of carbonyl (C=O) groups excluding carboxylic acids is 1. The number of benzene rings is 1.